The van der Waals surface area contributed by atoms with Gasteiger partial charge < -0.3 is 8.83 Å². The minimum absolute atomic E-state index is 0.139. The zero-order chi connectivity index (χ0) is 20.8. The summed E-state index contributed by atoms with van der Waals surface area (Å²) in [5, 5.41) is 13.1. The van der Waals surface area contributed by atoms with E-state index in [1.165, 1.54) is 24.2 Å². The second-order valence-electron chi connectivity index (χ2n) is 6.43. The number of thioether (sulfide) groups is 1. The highest BCUT2D eigenvalue weighted by Crippen LogP contribution is 2.25. The van der Waals surface area contributed by atoms with E-state index in [0.29, 0.717) is 23.3 Å². The molecule has 0 atom stereocenters. The first-order chi connectivity index (χ1) is 14.7. The fourth-order valence-electron chi connectivity index (χ4n) is 2.71. The Morgan fingerprint density at radius 1 is 1.13 bits per heavy atom. The first kappa shape index (κ1) is 19.7. The first-order valence-corrected chi connectivity index (χ1v) is 10.2. The van der Waals surface area contributed by atoms with Gasteiger partial charge in [-0.05, 0) is 31.2 Å². The Kier molecular flexibility index (Phi) is 6.09. The van der Waals surface area contributed by atoms with Crippen LogP contribution >= 0.6 is 11.8 Å². The summed E-state index contributed by atoms with van der Waals surface area (Å²) in [6.45, 7) is 2.50. The van der Waals surface area contributed by atoms with Gasteiger partial charge in [0.05, 0.1) is 31.0 Å². The van der Waals surface area contributed by atoms with Gasteiger partial charge in [0.25, 0.3) is 5.91 Å². The van der Waals surface area contributed by atoms with E-state index in [9.17, 15) is 4.79 Å². The van der Waals surface area contributed by atoms with Crippen LogP contribution in [0.25, 0.3) is 11.4 Å². The molecule has 0 unspecified atom stereocenters. The van der Waals surface area contributed by atoms with Crippen LogP contribution in [0.1, 0.15) is 17.1 Å². The van der Waals surface area contributed by atoms with Crippen molar-refractivity contribution in [2.24, 2.45) is 5.10 Å². The van der Waals surface area contributed by atoms with Gasteiger partial charge in [-0.15, -0.1) is 10.2 Å². The lowest BCUT2D eigenvalue weighted by molar-refractivity contribution is -0.118. The SMILES string of the molecule is Cc1ccc(-c2nnc(SCC(=O)NN=Cc3ccco3)n2Cc2ccco2)cc1. The molecule has 0 radical (unpaired) electrons. The minimum atomic E-state index is -0.257. The Balaban J connectivity index is 1.47. The van der Waals surface area contributed by atoms with Crippen molar-refractivity contribution in [3.63, 3.8) is 0 Å². The molecule has 4 rings (SSSR count). The van der Waals surface area contributed by atoms with Crippen molar-refractivity contribution in [1.29, 1.82) is 0 Å². The summed E-state index contributed by atoms with van der Waals surface area (Å²) in [5.74, 6) is 1.93. The summed E-state index contributed by atoms with van der Waals surface area (Å²) in [6, 6.07) is 15.3. The smallest absolute Gasteiger partial charge is 0.250 e. The number of hydrogen-bond donors (Lipinski definition) is 1. The number of benzene rings is 1. The Morgan fingerprint density at radius 3 is 2.67 bits per heavy atom. The number of carbonyl (C=O) groups excluding carboxylic acids is 1. The van der Waals surface area contributed by atoms with Gasteiger partial charge in [0.15, 0.2) is 11.0 Å². The van der Waals surface area contributed by atoms with Gasteiger partial charge in [-0.25, -0.2) is 5.43 Å². The largest absolute Gasteiger partial charge is 0.467 e. The molecule has 9 heteroatoms. The van der Waals surface area contributed by atoms with Gasteiger partial charge in [0.1, 0.15) is 11.5 Å². The summed E-state index contributed by atoms with van der Waals surface area (Å²) in [4.78, 5) is 12.1. The standard InChI is InChI=1S/C21H19N5O3S/c1-15-6-8-16(9-7-15)20-24-25-21(26(20)13-18-5-3-11-29-18)30-14-19(27)23-22-12-17-4-2-10-28-17/h2-12H,13-14H2,1H3,(H,23,27). The van der Waals surface area contributed by atoms with Crippen molar-refractivity contribution in [1.82, 2.24) is 20.2 Å². The van der Waals surface area contributed by atoms with Crippen LogP contribution in [0, 0.1) is 6.92 Å². The van der Waals surface area contributed by atoms with Gasteiger partial charge >= 0.3 is 0 Å². The Labute approximate surface area is 177 Å². The molecule has 8 nitrogen and oxygen atoms in total. The fourth-order valence-corrected chi connectivity index (χ4v) is 3.44. The molecule has 0 aliphatic rings. The molecule has 4 aromatic rings. The van der Waals surface area contributed by atoms with E-state index in [1.54, 1.807) is 18.4 Å². The maximum Gasteiger partial charge on any atom is 0.250 e. The summed E-state index contributed by atoms with van der Waals surface area (Å²) in [5.41, 5.74) is 4.58. The van der Waals surface area contributed by atoms with Crippen LogP contribution in [-0.4, -0.2) is 32.6 Å². The van der Waals surface area contributed by atoms with Crippen molar-refractivity contribution < 1.29 is 13.6 Å². The highest BCUT2D eigenvalue weighted by Gasteiger charge is 2.17. The molecule has 0 saturated carbocycles. The summed E-state index contributed by atoms with van der Waals surface area (Å²) in [6.07, 6.45) is 4.61. The van der Waals surface area contributed by atoms with Crippen molar-refractivity contribution in [2.45, 2.75) is 18.6 Å². The maximum atomic E-state index is 12.1. The molecule has 0 fully saturated rings. The van der Waals surface area contributed by atoms with Crippen LogP contribution in [0.4, 0.5) is 0 Å². The zero-order valence-corrected chi connectivity index (χ0v) is 17.0. The number of hydrazone groups is 1. The van der Waals surface area contributed by atoms with Crippen LogP contribution in [0.5, 0.6) is 0 Å². The number of aromatic nitrogens is 3. The number of nitrogens with one attached hydrogen (secondary N) is 1. The molecular formula is C21H19N5O3S. The van der Waals surface area contributed by atoms with Crippen LogP contribution in [0.2, 0.25) is 0 Å². The zero-order valence-electron chi connectivity index (χ0n) is 16.2. The van der Waals surface area contributed by atoms with E-state index in [0.717, 1.165) is 16.9 Å². The third kappa shape index (κ3) is 4.87. The molecular weight excluding hydrogens is 402 g/mol. The average molecular weight is 421 g/mol. The van der Waals surface area contributed by atoms with Gasteiger partial charge in [-0.2, -0.15) is 5.10 Å². The lowest BCUT2D eigenvalue weighted by Crippen LogP contribution is -2.20. The number of aryl methyl sites for hydroxylation is 1. The monoisotopic (exact) mass is 421 g/mol. The lowest BCUT2D eigenvalue weighted by Gasteiger charge is -2.09. The second kappa shape index (κ2) is 9.27. The fraction of sp³-hybridized carbons (Fsp3) is 0.143. The van der Waals surface area contributed by atoms with Crippen LogP contribution in [0.3, 0.4) is 0 Å². The minimum Gasteiger partial charge on any atom is -0.467 e. The number of carbonyl (C=O) groups is 1. The van der Waals surface area contributed by atoms with Gasteiger partial charge in [0.2, 0.25) is 0 Å². The van der Waals surface area contributed by atoms with Crippen molar-refractivity contribution in [3.8, 4) is 11.4 Å². The van der Waals surface area contributed by atoms with Crippen molar-refractivity contribution in [3.05, 3.63) is 78.1 Å². The average Bonchev–Trinajstić information content (AvgIpc) is 3.50. The van der Waals surface area contributed by atoms with Gasteiger partial charge in [-0.1, -0.05) is 41.6 Å². The number of hydrogen-bond acceptors (Lipinski definition) is 7. The number of rotatable bonds is 8. The molecule has 1 amide bonds. The van der Waals surface area contributed by atoms with E-state index in [1.807, 2.05) is 47.9 Å². The third-order valence-corrected chi connectivity index (χ3v) is 5.14. The molecule has 0 saturated heterocycles. The normalized spacial score (nSPS) is 11.2. The van der Waals surface area contributed by atoms with E-state index in [-0.39, 0.29) is 11.7 Å². The number of nitrogens with zero attached hydrogens (tertiary/aromatic N) is 4. The van der Waals surface area contributed by atoms with E-state index >= 15 is 0 Å². The van der Waals surface area contributed by atoms with Crippen LogP contribution in [0.15, 0.2) is 80.1 Å². The topological polar surface area (TPSA) is 98.5 Å². The maximum absolute atomic E-state index is 12.1. The Bertz CT molecular complexity index is 1120. The van der Waals surface area contributed by atoms with Crippen molar-refractivity contribution in [2.75, 3.05) is 5.75 Å². The predicted molar refractivity (Wildman–Crippen MR) is 113 cm³/mol. The summed E-state index contributed by atoms with van der Waals surface area (Å²) >= 11 is 1.28. The number of furan rings is 2. The van der Waals surface area contributed by atoms with Crippen LogP contribution in [-0.2, 0) is 11.3 Å². The predicted octanol–water partition coefficient (Wildman–Crippen LogP) is 3.73. The van der Waals surface area contributed by atoms with E-state index in [2.05, 4.69) is 20.7 Å². The third-order valence-electron chi connectivity index (χ3n) is 4.18. The molecule has 30 heavy (non-hydrogen) atoms. The molecule has 1 aromatic carbocycles. The molecule has 152 valence electrons. The van der Waals surface area contributed by atoms with Crippen LogP contribution < -0.4 is 5.43 Å². The Morgan fingerprint density at radius 2 is 1.93 bits per heavy atom. The van der Waals surface area contributed by atoms with Gasteiger partial charge in [0, 0.05) is 5.56 Å². The molecule has 0 aliphatic carbocycles. The quantitative estimate of drug-likeness (QED) is 0.264. The molecule has 0 bridgehead atoms. The second-order valence-corrected chi connectivity index (χ2v) is 7.38. The van der Waals surface area contributed by atoms with Crippen molar-refractivity contribution >= 4 is 23.9 Å². The molecule has 3 aromatic heterocycles. The first-order valence-electron chi connectivity index (χ1n) is 9.20. The summed E-state index contributed by atoms with van der Waals surface area (Å²) in [7, 11) is 0. The lowest BCUT2D eigenvalue weighted by atomic mass is 10.1. The Hall–Kier alpha value is -3.59. The highest BCUT2D eigenvalue weighted by molar-refractivity contribution is 7.99. The molecule has 1 N–H and O–H groups in total. The number of amides is 1. The van der Waals surface area contributed by atoms with E-state index in [4.69, 9.17) is 8.83 Å². The molecule has 3 heterocycles. The molecule has 0 spiro atoms. The molecule has 0 aliphatic heterocycles. The van der Waals surface area contributed by atoms with E-state index < -0.39 is 0 Å². The van der Waals surface area contributed by atoms with Gasteiger partial charge in [-0.3, -0.25) is 9.36 Å². The summed E-state index contributed by atoms with van der Waals surface area (Å²) < 4.78 is 12.6. The highest BCUT2D eigenvalue weighted by atomic mass is 32.2.